The number of rotatable bonds is 2. The van der Waals surface area contributed by atoms with Crippen LogP contribution in [0, 0.1) is 17.8 Å². The number of amides is 1. The Morgan fingerprint density at radius 3 is 2.50 bits per heavy atom. The van der Waals surface area contributed by atoms with E-state index in [1.54, 1.807) is 0 Å². The number of carbonyl (C=O) groups excluding carboxylic acids is 1. The summed E-state index contributed by atoms with van der Waals surface area (Å²) in [6.07, 6.45) is -2.95. The van der Waals surface area contributed by atoms with E-state index in [2.05, 4.69) is 11.8 Å². The summed E-state index contributed by atoms with van der Waals surface area (Å²) >= 11 is 0. The van der Waals surface area contributed by atoms with Crippen molar-refractivity contribution >= 4 is 5.91 Å². The summed E-state index contributed by atoms with van der Waals surface area (Å²) < 4.78 is 44.3. The summed E-state index contributed by atoms with van der Waals surface area (Å²) in [5, 5.41) is 0. The first-order chi connectivity index (χ1) is 11.4. The second kappa shape index (κ2) is 7.20. The van der Waals surface area contributed by atoms with E-state index in [-0.39, 0.29) is 18.7 Å². The molecule has 3 aliphatic rings. The summed E-state index contributed by atoms with van der Waals surface area (Å²) in [7, 11) is 0. The lowest BCUT2D eigenvalue weighted by Crippen LogP contribution is -2.47. The van der Waals surface area contributed by atoms with E-state index < -0.39 is 18.0 Å². The monoisotopic (exact) mass is 348 g/mol. The molecule has 1 saturated carbocycles. The SMILES string of the molecule is C[C@@H]1CN(C(=O)[C@@H]2CCC[C@H](C(F)(F)F)C2)C[C@H]1N1CCOCC1. The number of morpholine rings is 1. The minimum Gasteiger partial charge on any atom is -0.379 e. The minimum atomic E-state index is -4.17. The largest absolute Gasteiger partial charge is 0.391 e. The van der Waals surface area contributed by atoms with Gasteiger partial charge in [-0.25, -0.2) is 0 Å². The normalized spacial score (nSPS) is 36.1. The Morgan fingerprint density at radius 2 is 1.83 bits per heavy atom. The summed E-state index contributed by atoms with van der Waals surface area (Å²) in [5.41, 5.74) is 0. The van der Waals surface area contributed by atoms with Gasteiger partial charge in [-0.2, -0.15) is 13.2 Å². The molecule has 0 radical (unpaired) electrons. The number of halogens is 3. The van der Waals surface area contributed by atoms with Gasteiger partial charge in [0.25, 0.3) is 0 Å². The van der Waals surface area contributed by atoms with Crippen molar-refractivity contribution in [1.82, 2.24) is 9.80 Å². The second-order valence-electron chi connectivity index (χ2n) is 7.54. The molecule has 0 aromatic carbocycles. The van der Waals surface area contributed by atoms with Crippen LogP contribution in [0.1, 0.15) is 32.6 Å². The Hall–Kier alpha value is -0.820. The van der Waals surface area contributed by atoms with E-state index in [0.717, 1.165) is 13.1 Å². The summed E-state index contributed by atoms with van der Waals surface area (Å²) in [6, 6.07) is 0.305. The Morgan fingerprint density at radius 1 is 1.12 bits per heavy atom. The molecule has 0 bridgehead atoms. The quantitative estimate of drug-likeness (QED) is 0.769. The molecule has 3 fully saturated rings. The molecule has 138 valence electrons. The molecule has 2 saturated heterocycles. The highest BCUT2D eigenvalue weighted by atomic mass is 19.4. The van der Waals surface area contributed by atoms with Crippen molar-refractivity contribution in [2.45, 2.75) is 44.8 Å². The van der Waals surface area contributed by atoms with Crippen LogP contribution >= 0.6 is 0 Å². The number of hydrogen-bond acceptors (Lipinski definition) is 3. The molecule has 0 N–H and O–H groups in total. The predicted octanol–water partition coefficient (Wildman–Crippen LogP) is 2.53. The zero-order valence-electron chi connectivity index (χ0n) is 14.2. The number of hydrogen-bond donors (Lipinski definition) is 0. The lowest BCUT2D eigenvalue weighted by Gasteiger charge is -2.34. The van der Waals surface area contributed by atoms with Gasteiger partial charge in [-0.3, -0.25) is 9.69 Å². The van der Waals surface area contributed by atoms with E-state index in [9.17, 15) is 18.0 Å². The van der Waals surface area contributed by atoms with Crippen LogP contribution in [0.25, 0.3) is 0 Å². The topological polar surface area (TPSA) is 32.8 Å². The molecule has 0 aromatic heterocycles. The Kier molecular flexibility index (Phi) is 5.39. The lowest BCUT2D eigenvalue weighted by atomic mass is 9.80. The van der Waals surface area contributed by atoms with Gasteiger partial charge >= 0.3 is 6.18 Å². The minimum absolute atomic E-state index is 0.0323. The number of alkyl halides is 3. The van der Waals surface area contributed by atoms with Crippen molar-refractivity contribution in [2.75, 3.05) is 39.4 Å². The van der Waals surface area contributed by atoms with Crippen LogP contribution in [-0.4, -0.2) is 67.3 Å². The second-order valence-corrected chi connectivity index (χ2v) is 7.54. The molecule has 1 aliphatic carbocycles. The van der Waals surface area contributed by atoms with E-state index in [4.69, 9.17) is 4.74 Å². The van der Waals surface area contributed by atoms with Crippen LogP contribution in [0.3, 0.4) is 0 Å². The average Bonchev–Trinajstić information content (AvgIpc) is 2.96. The van der Waals surface area contributed by atoms with Gasteiger partial charge in [0.15, 0.2) is 0 Å². The van der Waals surface area contributed by atoms with Gasteiger partial charge in [0.05, 0.1) is 19.1 Å². The maximum Gasteiger partial charge on any atom is 0.391 e. The van der Waals surface area contributed by atoms with Crippen molar-refractivity contribution in [2.24, 2.45) is 17.8 Å². The highest BCUT2D eigenvalue weighted by molar-refractivity contribution is 5.79. The maximum atomic E-state index is 13.0. The van der Waals surface area contributed by atoms with Crippen molar-refractivity contribution in [3.63, 3.8) is 0 Å². The van der Waals surface area contributed by atoms with Gasteiger partial charge in [-0.05, 0) is 25.2 Å². The molecule has 24 heavy (non-hydrogen) atoms. The first kappa shape index (κ1) is 18.0. The fraction of sp³-hybridized carbons (Fsp3) is 0.941. The van der Waals surface area contributed by atoms with Gasteiger partial charge in [0, 0.05) is 38.1 Å². The van der Waals surface area contributed by atoms with E-state index in [1.807, 2.05) is 4.90 Å². The van der Waals surface area contributed by atoms with Gasteiger partial charge in [-0.1, -0.05) is 13.3 Å². The molecular weight excluding hydrogens is 321 g/mol. The third kappa shape index (κ3) is 3.87. The van der Waals surface area contributed by atoms with Crippen molar-refractivity contribution in [3.05, 3.63) is 0 Å². The van der Waals surface area contributed by atoms with Gasteiger partial charge < -0.3 is 9.64 Å². The molecule has 4 atom stereocenters. The van der Waals surface area contributed by atoms with Crippen LogP contribution in [0.2, 0.25) is 0 Å². The standard InChI is InChI=1S/C17H27F3N2O2/c1-12-10-22(11-15(12)21-5-7-24-8-6-21)16(23)13-3-2-4-14(9-13)17(18,19)20/h12-15H,2-11H2,1H3/t12-,13-,14+,15-/m1/s1. The molecule has 2 heterocycles. The highest BCUT2D eigenvalue weighted by Gasteiger charge is 2.45. The lowest BCUT2D eigenvalue weighted by molar-refractivity contribution is -0.187. The van der Waals surface area contributed by atoms with Gasteiger partial charge in [-0.15, -0.1) is 0 Å². The molecule has 1 amide bonds. The summed E-state index contributed by atoms with van der Waals surface area (Å²) in [5.74, 6) is -1.48. The van der Waals surface area contributed by atoms with Crippen molar-refractivity contribution in [3.8, 4) is 0 Å². The molecule has 3 rings (SSSR count). The Balaban J connectivity index is 1.59. The van der Waals surface area contributed by atoms with Crippen molar-refractivity contribution < 1.29 is 22.7 Å². The predicted molar refractivity (Wildman–Crippen MR) is 83.4 cm³/mol. The zero-order chi connectivity index (χ0) is 17.3. The molecule has 2 aliphatic heterocycles. The molecule has 0 aromatic rings. The van der Waals surface area contributed by atoms with Gasteiger partial charge in [0.2, 0.25) is 5.91 Å². The smallest absolute Gasteiger partial charge is 0.379 e. The van der Waals surface area contributed by atoms with Crippen LogP contribution in [0.15, 0.2) is 0 Å². The van der Waals surface area contributed by atoms with Crippen LogP contribution in [0.4, 0.5) is 13.2 Å². The summed E-state index contributed by atoms with van der Waals surface area (Å²) in [4.78, 5) is 16.9. The van der Waals surface area contributed by atoms with Crippen LogP contribution in [0.5, 0.6) is 0 Å². The number of likely N-dealkylation sites (tertiary alicyclic amines) is 1. The zero-order valence-corrected chi connectivity index (χ0v) is 14.2. The van der Waals surface area contributed by atoms with Gasteiger partial charge in [0.1, 0.15) is 0 Å². The molecular formula is C17H27F3N2O2. The third-order valence-electron chi connectivity index (χ3n) is 5.89. The summed E-state index contributed by atoms with van der Waals surface area (Å²) in [6.45, 7) is 6.61. The Labute approximate surface area is 141 Å². The molecule has 7 heteroatoms. The van der Waals surface area contributed by atoms with Crippen LogP contribution < -0.4 is 0 Å². The number of ether oxygens (including phenoxy) is 1. The fourth-order valence-corrected chi connectivity index (χ4v) is 4.48. The molecule has 0 unspecified atom stereocenters. The van der Waals surface area contributed by atoms with Crippen LogP contribution in [-0.2, 0) is 9.53 Å². The first-order valence-corrected chi connectivity index (χ1v) is 9.03. The Bertz CT molecular complexity index is 452. The highest BCUT2D eigenvalue weighted by Crippen LogP contribution is 2.41. The first-order valence-electron chi connectivity index (χ1n) is 9.03. The fourth-order valence-electron chi connectivity index (χ4n) is 4.48. The number of nitrogens with zero attached hydrogens (tertiary/aromatic N) is 2. The van der Waals surface area contributed by atoms with E-state index in [0.29, 0.717) is 51.1 Å². The van der Waals surface area contributed by atoms with E-state index in [1.165, 1.54) is 0 Å². The molecule has 4 nitrogen and oxygen atoms in total. The van der Waals surface area contributed by atoms with Crippen molar-refractivity contribution in [1.29, 1.82) is 0 Å². The third-order valence-corrected chi connectivity index (χ3v) is 5.89. The van der Waals surface area contributed by atoms with E-state index >= 15 is 0 Å². The average molecular weight is 348 g/mol. The number of carbonyl (C=O) groups is 1. The maximum absolute atomic E-state index is 13.0. The molecule has 0 spiro atoms.